The van der Waals surface area contributed by atoms with Gasteiger partial charge in [0.2, 0.25) is 5.66 Å². The SMILES string of the molecule is C#CCC1(CCOc2cc(C(C)n3nccn3)cc(O)c2[C@@H]2C=C(C)CC[C@H]2C(=C)C)N=N1. The van der Waals surface area contributed by atoms with Gasteiger partial charge in [-0.1, -0.05) is 23.8 Å². The van der Waals surface area contributed by atoms with Crippen molar-refractivity contribution in [1.82, 2.24) is 15.0 Å². The Bertz CT molecular complexity index is 1120. The average Bonchev–Trinajstić information content (AvgIpc) is 3.31. The van der Waals surface area contributed by atoms with Gasteiger partial charge >= 0.3 is 0 Å². The lowest BCUT2D eigenvalue weighted by molar-refractivity contribution is 0.280. The van der Waals surface area contributed by atoms with Crippen molar-refractivity contribution in [3.8, 4) is 23.8 Å². The number of hydrogen-bond donors (Lipinski definition) is 1. The van der Waals surface area contributed by atoms with Gasteiger partial charge in [0.25, 0.3) is 0 Å². The first-order valence-electron chi connectivity index (χ1n) is 11.4. The first-order chi connectivity index (χ1) is 15.8. The molecule has 0 saturated carbocycles. The van der Waals surface area contributed by atoms with Crippen LogP contribution in [0.4, 0.5) is 0 Å². The number of phenolic OH excluding ortho intramolecular Hbond substituents is 1. The van der Waals surface area contributed by atoms with Gasteiger partial charge in [-0.05, 0) is 57.2 Å². The normalized spacial score (nSPS) is 21.7. The predicted octanol–water partition coefficient (Wildman–Crippen LogP) is 5.56. The van der Waals surface area contributed by atoms with Gasteiger partial charge in [0, 0.05) is 17.9 Å². The van der Waals surface area contributed by atoms with E-state index in [0.717, 1.165) is 29.5 Å². The lowest BCUT2D eigenvalue weighted by Gasteiger charge is -2.32. The topological polar surface area (TPSA) is 84.9 Å². The van der Waals surface area contributed by atoms with Crippen molar-refractivity contribution in [2.75, 3.05) is 6.61 Å². The zero-order valence-electron chi connectivity index (χ0n) is 19.5. The minimum atomic E-state index is -0.511. The smallest absolute Gasteiger partial charge is 0.204 e. The summed E-state index contributed by atoms with van der Waals surface area (Å²) in [6.07, 6.45) is 14.1. The number of aromatic nitrogens is 3. The van der Waals surface area contributed by atoms with Crippen LogP contribution in [-0.4, -0.2) is 32.4 Å². The molecule has 0 saturated heterocycles. The van der Waals surface area contributed by atoms with Crippen molar-refractivity contribution in [2.24, 2.45) is 16.1 Å². The third-order valence-electron chi connectivity index (χ3n) is 6.65. The maximum absolute atomic E-state index is 11.3. The average molecular weight is 446 g/mol. The number of ether oxygens (including phenoxy) is 1. The Kier molecular flexibility index (Phi) is 6.37. The third kappa shape index (κ3) is 4.85. The van der Waals surface area contributed by atoms with Gasteiger partial charge in [-0.2, -0.15) is 25.2 Å². The van der Waals surface area contributed by atoms with Crippen molar-refractivity contribution in [3.05, 3.63) is 59.5 Å². The van der Waals surface area contributed by atoms with E-state index in [1.807, 2.05) is 13.0 Å². The highest BCUT2D eigenvalue weighted by Gasteiger charge is 2.39. The highest BCUT2D eigenvalue weighted by atomic mass is 16.5. The molecule has 0 spiro atoms. The third-order valence-corrected chi connectivity index (χ3v) is 6.65. The quantitative estimate of drug-likeness (QED) is 0.404. The molecule has 2 aromatic rings. The summed E-state index contributed by atoms with van der Waals surface area (Å²) in [6, 6.07) is 3.63. The van der Waals surface area contributed by atoms with Gasteiger partial charge in [-0.15, -0.1) is 12.3 Å². The number of rotatable bonds is 9. The van der Waals surface area contributed by atoms with Crippen LogP contribution in [0.5, 0.6) is 11.5 Å². The Labute approximate surface area is 195 Å². The zero-order valence-corrected chi connectivity index (χ0v) is 19.5. The molecule has 172 valence electrons. The summed E-state index contributed by atoms with van der Waals surface area (Å²) >= 11 is 0. The van der Waals surface area contributed by atoms with Crippen LogP contribution in [0.3, 0.4) is 0 Å². The summed E-state index contributed by atoms with van der Waals surface area (Å²) in [5.41, 5.74) is 3.56. The number of aromatic hydroxyl groups is 1. The summed E-state index contributed by atoms with van der Waals surface area (Å²) in [6.45, 7) is 10.8. The molecule has 0 amide bonds. The highest BCUT2D eigenvalue weighted by molar-refractivity contribution is 5.53. The fraction of sp³-hybridized carbons (Fsp3) is 0.462. The number of phenols is 1. The molecule has 2 heterocycles. The molecule has 1 aliphatic heterocycles. The summed E-state index contributed by atoms with van der Waals surface area (Å²) in [7, 11) is 0. The van der Waals surface area contributed by atoms with Gasteiger partial charge in [-0.3, -0.25) is 0 Å². The molecule has 1 aromatic heterocycles. The van der Waals surface area contributed by atoms with E-state index >= 15 is 0 Å². The van der Waals surface area contributed by atoms with Crippen LogP contribution < -0.4 is 4.74 Å². The van der Waals surface area contributed by atoms with Gasteiger partial charge in [0.15, 0.2) is 0 Å². The molecule has 7 nitrogen and oxygen atoms in total. The summed E-state index contributed by atoms with van der Waals surface area (Å²) in [5.74, 6) is 3.73. The lowest BCUT2D eigenvalue weighted by Crippen LogP contribution is -2.20. The summed E-state index contributed by atoms with van der Waals surface area (Å²) in [4.78, 5) is 1.61. The monoisotopic (exact) mass is 445 g/mol. The van der Waals surface area contributed by atoms with Gasteiger partial charge in [0.05, 0.1) is 31.5 Å². The van der Waals surface area contributed by atoms with Crippen molar-refractivity contribution in [3.63, 3.8) is 0 Å². The number of terminal acetylenes is 1. The van der Waals surface area contributed by atoms with E-state index in [-0.39, 0.29) is 23.6 Å². The van der Waals surface area contributed by atoms with E-state index in [0.29, 0.717) is 25.2 Å². The van der Waals surface area contributed by atoms with Gasteiger partial charge in [-0.25, -0.2) is 0 Å². The Hall–Kier alpha value is -3.40. The Morgan fingerprint density at radius 3 is 2.73 bits per heavy atom. The molecular weight excluding hydrogens is 414 g/mol. The van der Waals surface area contributed by atoms with Crippen LogP contribution in [0, 0.1) is 18.3 Å². The molecule has 0 fully saturated rings. The second-order valence-corrected chi connectivity index (χ2v) is 9.17. The molecule has 1 aliphatic carbocycles. The van der Waals surface area contributed by atoms with Crippen molar-refractivity contribution in [2.45, 2.75) is 64.1 Å². The fourth-order valence-corrected chi connectivity index (χ4v) is 4.61. The number of nitrogens with zero attached hydrogens (tertiary/aromatic N) is 5. The van der Waals surface area contributed by atoms with Crippen molar-refractivity contribution >= 4 is 0 Å². The molecule has 2 aliphatic rings. The largest absolute Gasteiger partial charge is 0.507 e. The van der Waals surface area contributed by atoms with Crippen LogP contribution in [-0.2, 0) is 0 Å². The molecule has 4 rings (SSSR count). The second kappa shape index (κ2) is 9.22. The highest BCUT2D eigenvalue weighted by Crippen LogP contribution is 2.47. The molecule has 33 heavy (non-hydrogen) atoms. The molecule has 3 atom stereocenters. The molecule has 0 bridgehead atoms. The summed E-state index contributed by atoms with van der Waals surface area (Å²) < 4.78 is 6.31. The fourth-order valence-electron chi connectivity index (χ4n) is 4.61. The first kappa shape index (κ1) is 22.8. The van der Waals surface area contributed by atoms with Gasteiger partial charge < -0.3 is 9.84 Å². The predicted molar refractivity (Wildman–Crippen MR) is 127 cm³/mol. The molecule has 1 N–H and O–H groups in total. The van der Waals surface area contributed by atoms with Crippen LogP contribution in [0.2, 0.25) is 0 Å². The Morgan fingerprint density at radius 2 is 2.09 bits per heavy atom. The molecule has 1 aromatic carbocycles. The first-order valence-corrected chi connectivity index (χ1v) is 11.4. The van der Waals surface area contributed by atoms with E-state index in [2.05, 4.69) is 52.8 Å². The Morgan fingerprint density at radius 1 is 1.36 bits per heavy atom. The molecular formula is C26H31N5O2. The lowest BCUT2D eigenvalue weighted by atomic mass is 9.73. The maximum atomic E-state index is 11.3. The van der Waals surface area contributed by atoms with Gasteiger partial charge in [0.1, 0.15) is 11.5 Å². The zero-order chi connectivity index (χ0) is 23.6. The summed E-state index contributed by atoms with van der Waals surface area (Å²) in [5, 5.41) is 28.0. The van der Waals surface area contributed by atoms with Crippen LogP contribution >= 0.6 is 0 Å². The Balaban J connectivity index is 1.70. The standard InChI is InChI=1S/C26H31N5O2/c1-6-9-26(29-30-26)10-13-33-24-16-20(19(5)31-27-11-12-28-31)15-23(32)25(24)22-14-18(4)7-8-21(22)17(2)3/h1,11-12,14-16,19,21-22,32H,2,7-10,13H2,3-5H3/t19?,21-,22+/m0/s1. The second-order valence-electron chi connectivity index (χ2n) is 9.17. The van der Waals surface area contributed by atoms with E-state index in [1.54, 1.807) is 23.3 Å². The van der Waals surface area contributed by atoms with Crippen molar-refractivity contribution < 1.29 is 9.84 Å². The number of benzene rings is 1. The number of allylic oxidation sites excluding steroid dienone is 3. The van der Waals surface area contributed by atoms with Crippen LogP contribution in [0.15, 0.2) is 58.6 Å². The van der Waals surface area contributed by atoms with E-state index in [1.165, 1.54) is 5.57 Å². The van der Waals surface area contributed by atoms with Crippen molar-refractivity contribution in [1.29, 1.82) is 0 Å². The van der Waals surface area contributed by atoms with Crippen LogP contribution in [0.1, 0.15) is 69.5 Å². The maximum Gasteiger partial charge on any atom is 0.204 e. The number of hydrogen-bond acceptors (Lipinski definition) is 6. The minimum absolute atomic E-state index is 0.00611. The molecule has 1 unspecified atom stereocenters. The van der Waals surface area contributed by atoms with E-state index < -0.39 is 5.66 Å². The van der Waals surface area contributed by atoms with Crippen LogP contribution in [0.25, 0.3) is 0 Å². The minimum Gasteiger partial charge on any atom is -0.507 e. The van der Waals surface area contributed by atoms with E-state index in [9.17, 15) is 5.11 Å². The molecule has 0 radical (unpaired) electrons. The molecule has 7 heteroatoms. The van der Waals surface area contributed by atoms with E-state index in [4.69, 9.17) is 11.2 Å².